The van der Waals surface area contributed by atoms with Crippen LogP contribution in [0.3, 0.4) is 0 Å². The lowest BCUT2D eigenvalue weighted by Crippen LogP contribution is -2.19. The molecule has 2 aromatic rings. The van der Waals surface area contributed by atoms with Gasteiger partial charge < -0.3 is 5.32 Å². The number of nitrogens with zero attached hydrogens (tertiary/aromatic N) is 2. The summed E-state index contributed by atoms with van der Waals surface area (Å²) in [6.07, 6.45) is -2.01. The summed E-state index contributed by atoms with van der Waals surface area (Å²) in [5, 5.41) is 6.20. The molecule has 1 aromatic heterocycles. The first-order chi connectivity index (χ1) is 12.9. The summed E-state index contributed by atoms with van der Waals surface area (Å²) in [4.78, 5) is 0.223. The maximum atomic E-state index is 12.9. The number of nitrogens with one attached hydrogen (secondary N) is 1. The molecule has 1 atom stereocenters. The van der Waals surface area contributed by atoms with E-state index in [2.05, 4.69) is 10.4 Å². The van der Waals surface area contributed by atoms with Crippen LogP contribution in [0.25, 0.3) is 5.69 Å². The summed E-state index contributed by atoms with van der Waals surface area (Å²) in [7, 11) is -4.78. The Morgan fingerprint density at radius 1 is 1.25 bits per heavy atom. The monoisotopic (exact) mass is 477 g/mol. The molecule has 1 unspecified atom stereocenters. The zero-order valence-corrected chi connectivity index (χ0v) is 17.8. The van der Waals surface area contributed by atoms with Gasteiger partial charge in [-0.25, -0.2) is 13.1 Å². The second-order valence-electron chi connectivity index (χ2n) is 5.67. The van der Waals surface area contributed by atoms with Crippen LogP contribution in [-0.2, 0) is 26.8 Å². The average Bonchev–Trinajstić information content (AvgIpc) is 2.97. The third kappa shape index (κ3) is 5.19. The van der Waals surface area contributed by atoms with Crippen molar-refractivity contribution in [3.05, 3.63) is 33.9 Å². The Kier molecular flexibility index (Phi) is 7.06. The van der Waals surface area contributed by atoms with E-state index in [9.17, 15) is 25.8 Å². The lowest BCUT2D eigenvalue weighted by molar-refractivity contribution is -0.137. The van der Waals surface area contributed by atoms with E-state index in [0.29, 0.717) is 12.1 Å². The quantitative estimate of drug-likeness (QED) is 0.655. The second kappa shape index (κ2) is 8.60. The highest BCUT2D eigenvalue weighted by Crippen LogP contribution is 2.38. The number of halogens is 5. The molecule has 28 heavy (non-hydrogen) atoms. The Labute approximate surface area is 172 Å². The van der Waals surface area contributed by atoms with E-state index in [0.717, 1.165) is 4.68 Å². The fraction of sp³-hybridized carbons (Fsp3) is 0.400. The van der Waals surface area contributed by atoms with E-state index in [-0.39, 0.29) is 44.5 Å². The van der Waals surface area contributed by atoms with Crippen LogP contribution in [0.4, 0.5) is 19.0 Å². The first-order valence-corrected chi connectivity index (χ1v) is 11.9. The van der Waals surface area contributed by atoms with Crippen LogP contribution in [-0.4, -0.2) is 46.7 Å². The summed E-state index contributed by atoms with van der Waals surface area (Å²) >= 11 is 12.0. The molecular formula is C15H16Cl2F3N3O3S2. The summed E-state index contributed by atoms with van der Waals surface area (Å²) in [5.74, 6) is -0.105. The largest absolute Gasteiger partial charge is 0.416 e. The van der Waals surface area contributed by atoms with Crippen LogP contribution in [0.5, 0.6) is 0 Å². The van der Waals surface area contributed by atoms with Crippen LogP contribution in [0.2, 0.25) is 10.0 Å². The standard InChI is InChI=1S/C15H16Cl2F3N3O3S2/c1-3-28(25,26)5-4-21-14-12(27(2)24)8-22-23(14)13-10(16)6-9(7-11(13)17)15(18,19)20/h6-8,21H,3-5H2,1-2H3. The third-order valence-corrected chi connectivity index (χ3v) is 6.95. The van der Waals surface area contributed by atoms with Crippen molar-refractivity contribution in [3.63, 3.8) is 0 Å². The average molecular weight is 478 g/mol. The molecule has 13 heteroatoms. The Hall–Kier alpha value is -1.30. The van der Waals surface area contributed by atoms with Gasteiger partial charge in [0, 0.05) is 18.6 Å². The van der Waals surface area contributed by atoms with E-state index in [1.807, 2.05) is 0 Å². The van der Waals surface area contributed by atoms with Crippen molar-refractivity contribution in [2.24, 2.45) is 0 Å². The topological polar surface area (TPSA) is 81.1 Å². The van der Waals surface area contributed by atoms with Gasteiger partial charge in [-0.1, -0.05) is 30.1 Å². The molecule has 0 amide bonds. The highest BCUT2D eigenvalue weighted by molar-refractivity contribution is 7.91. The number of alkyl halides is 3. The lowest BCUT2D eigenvalue weighted by Gasteiger charge is -2.16. The molecule has 6 nitrogen and oxygen atoms in total. The number of benzene rings is 1. The van der Waals surface area contributed by atoms with Crippen LogP contribution in [0.15, 0.2) is 23.2 Å². The highest BCUT2D eigenvalue weighted by atomic mass is 35.5. The van der Waals surface area contributed by atoms with Gasteiger partial charge in [-0.05, 0) is 12.1 Å². The van der Waals surface area contributed by atoms with Crippen molar-refractivity contribution >= 4 is 49.7 Å². The number of sulfone groups is 1. The van der Waals surface area contributed by atoms with Gasteiger partial charge in [0.15, 0.2) is 9.84 Å². The SMILES string of the molecule is CCS(=O)(=O)CCNc1c(S(C)=O)cnn1-c1c(Cl)cc(C(F)(F)F)cc1Cl. The van der Waals surface area contributed by atoms with Crippen molar-refractivity contribution in [2.75, 3.05) is 29.6 Å². The fourth-order valence-electron chi connectivity index (χ4n) is 2.28. The van der Waals surface area contributed by atoms with Gasteiger partial charge >= 0.3 is 6.18 Å². The molecule has 2 rings (SSSR count). The van der Waals surface area contributed by atoms with E-state index >= 15 is 0 Å². The smallest absolute Gasteiger partial charge is 0.368 e. The molecule has 0 bridgehead atoms. The summed E-state index contributed by atoms with van der Waals surface area (Å²) < 4.78 is 75.2. The molecule has 0 aliphatic rings. The molecule has 0 fully saturated rings. The molecule has 156 valence electrons. The lowest BCUT2D eigenvalue weighted by atomic mass is 10.2. The van der Waals surface area contributed by atoms with Crippen molar-refractivity contribution < 1.29 is 25.8 Å². The van der Waals surface area contributed by atoms with E-state index in [1.54, 1.807) is 0 Å². The van der Waals surface area contributed by atoms with E-state index in [1.165, 1.54) is 19.4 Å². The zero-order valence-electron chi connectivity index (χ0n) is 14.7. The molecule has 0 aliphatic heterocycles. The van der Waals surface area contributed by atoms with Gasteiger partial charge in [-0.3, -0.25) is 4.21 Å². The number of anilines is 1. The third-order valence-electron chi connectivity index (χ3n) is 3.75. The van der Waals surface area contributed by atoms with Crippen molar-refractivity contribution in [3.8, 4) is 5.69 Å². The molecule has 0 saturated carbocycles. The number of rotatable bonds is 7. The van der Waals surface area contributed by atoms with Crippen LogP contribution >= 0.6 is 23.2 Å². The Morgan fingerprint density at radius 3 is 2.29 bits per heavy atom. The molecule has 1 heterocycles. The molecule has 0 saturated heterocycles. The summed E-state index contributed by atoms with van der Waals surface area (Å²) in [6, 6.07) is 1.41. The normalized spacial score (nSPS) is 13.5. The van der Waals surface area contributed by atoms with Crippen molar-refractivity contribution in [2.45, 2.75) is 18.0 Å². The molecule has 1 N–H and O–H groups in total. The Morgan fingerprint density at radius 2 is 1.82 bits per heavy atom. The van der Waals surface area contributed by atoms with Gasteiger partial charge in [0.1, 0.15) is 16.4 Å². The Bertz CT molecular complexity index is 985. The minimum Gasteiger partial charge on any atom is -0.368 e. The summed E-state index contributed by atoms with van der Waals surface area (Å²) in [5.41, 5.74) is -1.07. The minimum absolute atomic E-state index is 0.0259. The van der Waals surface area contributed by atoms with Gasteiger partial charge in [-0.2, -0.15) is 18.3 Å². The van der Waals surface area contributed by atoms with Gasteiger partial charge in [0.05, 0.1) is 38.4 Å². The molecule has 0 aliphatic carbocycles. The van der Waals surface area contributed by atoms with Crippen LogP contribution in [0.1, 0.15) is 12.5 Å². The van der Waals surface area contributed by atoms with Crippen molar-refractivity contribution in [1.29, 1.82) is 0 Å². The van der Waals surface area contributed by atoms with E-state index in [4.69, 9.17) is 23.2 Å². The maximum absolute atomic E-state index is 12.9. The number of aromatic nitrogens is 2. The molecule has 1 aromatic carbocycles. The molecule has 0 radical (unpaired) electrons. The predicted octanol–water partition coefficient (Wildman–Crippen LogP) is 3.78. The molecular weight excluding hydrogens is 462 g/mol. The number of hydrogen-bond donors (Lipinski definition) is 1. The van der Waals surface area contributed by atoms with Crippen LogP contribution < -0.4 is 5.32 Å². The highest BCUT2D eigenvalue weighted by Gasteiger charge is 2.32. The van der Waals surface area contributed by atoms with Crippen LogP contribution in [0, 0.1) is 0 Å². The first kappa shape index (κ1) is 23.0. The number of hydrogen-bond acceptors (Lipinski definition) is 5. The van der Waals surface area contributed by atoms with Gasteiger partial charge in [0.25, 0.3) is 0 Å². The molecule has 0 spiro atoms. The zero-order chi connectivity index (χ0) is 21.3. The van der Waals surface area contributed by atoms with E-state index < -0.39 is 32.4 Å². The Balaban J connectivity index is 2.51. The van der Waals surface area contributed by atoms with Gasteiger partial charge in [-0.15, -0.1) is 0 Å². The van der Waals surface area contributed by atoms with Crippen molar-refractivity contribution in [1.82, 2.24) is 9.78 Å². The summed E-state index contributed by atoms with van der Waals surface area (Å²) in [6.45, 7) is 1.48. The predicted molar refractivity (Wildman–Crippen MR) is 104 cm³/mol. The minimum atomic E-state index is -4.64. The fourth-order valence-corrected chi connectivity index (χ4v) is 4.25. The second-order valence-corrected chi connectivity index (χ2v) is 10.3. The van der Waals surface area contributed by atoms with Gasteiger partial charge in [0.2, 0.25) is 0 Å². The maximum Gasteiger partial charge on any atom is 0.416 e. The first-order valence-electron chi connectivity index (χ1n) is 7.79.